The van der Waals surface area contributed by atoms with Gasteiger partial charge in [0.1, 0.15) is 17.0 Å². The molecule has 0 aromatic heterocycles. The number of aryl methyl sites for hydroxylation is 1. The number of amides is 3. The van der Waals surface area contributed by atoms with Crippen molar-refractivity contribution in [3.63, 3.8) is 0 Å². The number of rotatable bonds is 6. The highest BCUT2D eigenvalue weighted by Crippen LogP contribution is 2.59. The predicted molar refractivity (Wildman–Crippen MR) is 163 cm³/mol. The van der Waals surface area contributed by atoms with Crippen molar-refractivity contribution in [1.82, 2.24) is 10.0 Å². The Morgan fingerprint density at radius 2 is 1.73 bits per heavy atom. The molecule has 0 radical (unpaired) electrons. The van der Waals surface area contributed by atoms with Gasteiger partial charge in [0.2, 0.25) is 21.8 Å². The lowest BCUT2D eigenvalue weighted by Gasteiger charge is -2.47. The third-order valence-electron chi connectivity index (χ3n) is 8.81. The highest BCUT2D eigenvalue weighted by atomic mass is 35.5. The van der Waals surface area contributed by atoms with Gasteiger partial charge in [-0.1, -0.05) is 35.3 Å². The quantitative estimate of drug-likeness (QED) is 0.339. The van der Waals surface area contributed by atoms with E-state index in [2.05, 4.69) is 10.6 Å². The van der Waals surface area contributed by atoms with E-state index >= 15 is 0 Å². The molecule has 3 amide bonds. The van der Waals surface area contributed by atoms with Crippen molar-refractivity contribution in [2.75, 3.05) is 11.6 Å². The highest BCUT2D eigenvalue weighted by Gasteiger charge is 2.62. The molecule has 230 valence electrons. The van der Waals surface area contributed by atoms with Crippen LogP contribution in [0.3, 0.4) is 0 Å². The van der Waals surface area contributed by atoms with Crippen LogP contribution in [0.4, 0.5) is 10.1 Å². The van der Waals surface area contributed by atoms with Crippen LogP contribution in [0.5, 0.6) is 5.75 Å². The Kier molecular flexibility index (Phi) is 7.41. The summed E-state index contributed by atoms with van der Waals surface area (Å²) in [4.78, 5) is 41.1. The monoisotopic (exact) mass is 659 g/mol. The molecule has 2 aliphatic heterocycles. The molecule has 3 aromatic carbocycles. The first-order chi connectivity index (χ1) is 20.7. The lowest BCUT2D eigenvalue weighted by molar-refractivity contribution is -0.142. The number of sulfonamides is 1. The normalized spacial score (nSPS) is 23.8. The van der Waals surface area contributed by atoms with Crippen molar-refractivity contribution in [3.8, 4) is 5.75 Å². The maximum absolute atomic E-state index is 14.7. The van der Waals surface area contributed by atoms with Crippen LogP contribution in [0.15, 0.2) is 54.6 Å². The summed E-state index contributed by atoms with van der Waals surface area (Å²) in [7, 11) is -3.88. The summed E-state index contributed by atoms with van der Waals surface area (Å²) in [5.74, 6) is -2.95. The minimum Gasteiger partial charge on any atom is -0.477 e. The zero-order valence-corrected chi connectivity index (χ0v) is 26.0. The second kappa shape index (κ2) is 10.7. The highest BCUT2D eigenvalue weighted by molar-refractivity contribution is 7.89. The smallest absolute Gasteiger partial charge is 0.277 e. The van der Waals surface area contributed by atoms with E-state index in [1.807, 2.05) is 4.72 Å². The topological polar surface area (TPSA) is 131 Å². The molecule has 3 atom stereocenters. The molecular weight excluding hydrogens is 632 g/mol. The Morgan fingerprint density at radius 1 is 1.02 bits per heavy atom. The number of hydrogen-bond acceptors (Lipinski definition) is 6. The van der Waals surface area contributed by atoms with E-state index in [4.69, 9.17) is 27.9 Å². The van der Waals surface area contributed by atoms with Crippen molar-refractivity contribution < 1.29 is 31.9 Å². The maximum atomic E-state index is 14.7. The van der Waals surface area contributed by atoms with E-state index < -0.39 is 56.5 Å². The van der Waals surface area contributed by atoms with Crippen molar-refractivity contribution in [2.24, 2.45) is 0 Å². The Balaban J connectivity index is 1.57. The summed E-state index contributed by atoms with van der Waals surface area (Å²) < 4.78 is 47.0. The van der Waals surface area contributed by atoms with Gasteiger partial charge in [0, 0.05) is 33.6 Å². The average Bonchev–Trinajstić information content (AvgIpc) is 3.19. The predicted octanol–water partition coefficient (Wildman–Crippen LogP) is 5.05. The summed E-state index contributed by atoms with van der Waals surface area (Å²) in [6.45, 7) is 1.77. The van der Waals surface area contributed by atoms with Gasteiger partial charge >= 0.3 is 0 Å². The molecule has 3 aliphatic rings. The SMILES string of the molecule is Cc1ccc(F)cc1[C@@H]1NC(=O)C[C@H](c2cc(Cl)ccc2OC2(C(=O)NS(C)(=O)=O)CCC2)C12C(=O)Nc1cc(Cl)ccc12. The molecule has 3 aromatic rings. The number of nitrogens with one attached hydrogen (secondary N) is 3. The van der Waals surface area contributed by atoms with Crippen molar-refractivity contribution >= 4 is 56.6 Å². The van der Waals surface area contributed by atoms with Gasteiger partial charge in [0.15, 0.2) is 5.60 Å². The number of piperidine rings is 1. The number of benzene rings is 3. The molecule has 1 spiro atoms. The van der Waals surface area contributed by atoms with E-state index in [1.165, 1.54) is 12.1 Å². The Morgan fingerprint density at radius 3 is 2.41 bits per heavy atom. The number of carbonyl (C=O) groups is 3. The van der Waals surface area contributed by atoms with Crippen LogP contribution in [0.2, 0.25) is 10.0 Å². The van der Waals surface area contributed by atoms with Crippen LogP contribution in [0.25, 0.3) is 0 Å². The Bertz CT molecular complexity index is 1850. The number of carbonyl (C=O) groups excluding carboxylic acids is 3. The molecule has 2 heterocycles. The van der Waals surface area contributed by atoms with Gasteiger partial charge < -0.3 is 15.4 Å². The molecule has 1 aliphatic carbocycles. The molecule has 13 heteroatoms. The van der Waals surface area contributed by atoms with Gasteiger partial charge in [-0.15, -0.1) is 0 Å². The number of fused-ring (bicyclic) bond motifs is 2. The average molecular weight is 661 g/mol. The van der Waals surface area contributed by atoms with Crippen LogP contribution in [0, 0.1) is 12.7 Å². The standard InChI is InChI=1S/C31H28Cl2FN3O6S/c1-16-4-7-19(34)14-20(16)27-31(22-8-5-18(33)13-24(22)35-29(31)40)23(15-26(38)36-27)21-12-17(32)6-9-25(21)43-30(10-3-11-30)28(39)37-44(2,41)42/h4-9,12-14,23,27H,3,10-11,15H2,1-2H3,(H,35,40)(H,36,38)(H,37,39)/t23-,27+,31?/m1/s1. The fourth-order valence-corrected chi connectivity index (χ4v) is 7.55. The zero-order valence-electron chi connectivity index (χ0n) is 23.7. The van der Waals surface area contributed by atoms with E-state index in [9.17, 15) is 27.2 Å². The molecule has 0 bridgehead atoms. The van der Waals surface area contributed by atoms with Gasteiger partial charge in [0.05, 0.1) is 12.3 Å². The number of ether oxygens (including phenoxy) is 1. The Labute approximate surface area is 263 Å². The van der Waals surface area contributed by atoms with Crippen LogP contribution in [-0.2, 0) is 29.8 Å². The third-order valence-corrected chi connectivity index (χ3v) is 9.84. The largest absolute Gasteiger partial charge is 0.477 e. The molecule has 6 rings (SSSR count). The first-order valence-electron chi connectivity index (χ1n) is 13.9. The van der Waals surface area contributed by atoms with Crippen molar-refractivity contribution in [3.05, 3.63) is 92.7 Å². The third kappa shape index (κ3) is 5.00. The van der Waals surface area contributed by atoms with Crippen molar-refractivity contribution in [1.29, 1.82) is 0 Å². The van der Waals surface area contributed by atoms with Gasteiger partial charge in [-0.05, 0) is 85.3 Å². The van der Waals surface area contributed by atoms with Crippen LogP contribution < -0.4 is 20.1 Å². The second-order valence-electron chi connectivity index (χ2n) is 11.6. The molecule has 9 nitrogen and oxygen atoms in total. The molecular formula is C31H28Cl2FN3O6S. The van der Waals surface area contributed by atoms with Gasteiger partial charge in [-0.2, -0.15) is 0 Å². The van der Waals surface area contributed by atoms with E-state index in [1.54, 1.807) is 49.4 Å². The minimum atomic E-state index is -3.88. The summed E-state index contributed by atoms with van der Waals surface area (Å²) in [6, 6.07) is 12.8. The summed E-state index contributed by atoms with van der Waals surface area (Å²) in [6.07, 6.45) is 1.82. The number of hydrogen-bond donors (Lipinski definition) is 3. The fourth-order valence-electron chi connectivity index (χ4n) is 6.67. The summed E-state index contributed by atoms with van der Waals surface area (Å²) in [5.41, 5.74) is -0.620. The lowest BCUT2D eigenvalue weighted by Crippen LogP contribution is -2.58. The van der Waals surface area contributed by atoms with E-state index in [0.717, 1.165) is 6.26 Å². The van der Waals surface area contributed by atoms with Gasteiger partial charge in [-0.25, -0.2) is 17.5 Å². The zero-order chi connectivity index (χ0) is 31.6. The minimum absolute atomic E-state index is 0.168. The van der Waals surface area contributed by atoms with E-state index in [-0.39, 0.29) is 30.0 Å². The molecule has 1 saturated heterocycles. The summed E-state index contributed by atoms with van der Waals surface area (Å²) in [5, 5.41) is 6.55. The second-order valence-corrected chi connectivity index (χ2v) is 14.2. The first kappa shape index (κ1) is 30.4. The number of anilines is 1. The first-order valence-corrected chi connectivity index (χ1v) is 16.6. The fraction of sp³-hybridized carbons (Fsp3) is 0.323. The van der Waals surface area contributed by atoms with Gasteiger partial charge in [-0.3, -0.25) is 14.4 Å². The van der Waals surface area contributed by atoms with Crippen molar-refractivity contribution in [2.45, 2.75) is 55.6 Å². The van der Waals surface area contributed by atoms with Crippen LogP contribution in [-0.4, -0.2) is 38.0 Å². The van der Waals surface area contributed by atoms with Crippen LogP contribution >= 0.6 is 23.2 Å². The lowest BCUT2D eigenvalue weighted by atomic mass is 9.59. The molecule has 3 N–H and O–H groups in total. The molecule has 2 fully saturated rings. The maximum Gasteiger partial charge on any atom is 0.277 e. The summed E-state index contributed by atoms with van der Waals surface area (Å²) >= 11 is 12.8. The Hall–Kier alpha value is -3.67. The molecule has 1 unspecified atom stereocenters. The molecule has 1 saturated carbocycles. The van der Waals surface area contributed by atoms with Crippen LogP contribution in [0.1, 0.15) is 59.9 Å². The van der Waals surface area contributed by atoms with E-state index in [0.29, 0.717) is 39.4 Å². The number of halogens is 3. The molecule has 44 heavy (non-hydrogen) atoms. The van der Waals surface area contributed by atoms with Gasteiger partial charge in [0.25, 0.3) is 5.91 Å².